The first-order valence-corrected chi connectivity index (χ1v) is 9.59. The molecule has 0 fully saturated rings. The van der Waals surface area contributed by atoms with E-state index in [1.165, 1.54) is 0 Å². The fourth-order valence-corrected chi connectivity index (χ4v) is 3.18. The summed E-state index contributed by atoms with van der Waals surface area (Å²) in [4.78, 5) is 29.5. The van der Waals surface area contributed by atoms with Gasteiger partial charge in [0.1, 0.15) is 0 Å². The number of nitrogens with zero attached hydrogens (tertiary/aromatic N) is 1. The van der Waals surface area contributed by atoms with Crippen molar-refractivity contribution < 1.29 is 23.8 Å². The Bertz CT molecular complexity index is 1100. The predicted molar refractivity (Wildman–Crippen MR) is 109 cm³/mol. The maximum absolute atomic E-state index is 12.7. The molecule has 1 atom stereocenters. The van der Waals surface area contributed by atoms with Crippen molar-refractivity contribution >= 4 is 11.9 Å². The van der Waals surface area contributed by atoms with Crippen molar-refractivity contribution in [3.63, 3.8) is 0 Å². The molecule has 152 valence electrons. The van der Waals surface area contributed by atoms with Gasteiger partial charge in [0.2, 0.25) is 6.29 Å². The minimum Gasteiger partial charge on any atom is -0.427 e. The molecule has 0 saturated carbocycles. The maximum atomic E-state index is 12.7. The van der Waals surface area contributed by atoms with E-state index in [9.17, 15) is 9.59 Å². The highest BCUT2D eigenvalue weighted by Crippen LogP contribution is 2.40. The quantitative estimate of drug-likeness (QED) is 0.592. The van der Waals surface area contributed by atoms with Crippen molar-refractivity contribution in [2.45, 2.75) is 33.7 Å². The van der Waals surface area contributed by atoms with Gasteiger partial charge in [0.15, 0.2) is 5.75 Å². The van der Waals surface area contributed by atoms with Gasteiger partial charge in [0, 0.05) is 11.8 Å². The monoisotopic (exact) mass is 403 g/mol. The van der Waals surface area contributed by atoms with Crippen LogP contribution in [0.15, 0.2) is 54.7 Å². The third-order valence-electron chi connectivity index (χ3n) is 4.94. The van der Waals surface area contributed by atoms with Gasteiger partial charge in [-0.3, -0.25) is 4.98 Å². The number of aromatic nitrogens is 1. The first-order chi connectivity index (χ1) is 14.4. The second-order valence-corrected chi connectivity index (χ2v) is 7.28. The van der Waals surface area contributed by atoms with Crippen LogP contribution in [0.2, 0.25) is 0 Å². The lowest BCUT2D eigenvalue weighted by molar-refractivity contribution is -0.105. The summed E-state index contributed by atoms with van der Waals surface area (Å²) in [5.41, 5.74) is 4.67. The minimum atomic E-state index is -0.976. The highest BCUT2D eigenvalue weighted by Gasteiger charge is 2.33. The van der Waals surface area contributed by atoms with Gasteiger partial charge in [0.05, 0.1) is 29.0 Å². The molecule has 0 saturated heterocycles. The lowest BCUT2D eigenvalue weighted by atomic mass is 10.1. The maximum Gasteiger partial charge on any atom is 0.343 e. The molecular formula is C24H21NO5. The van der Waals surface area contributed by atoms with E-state index in [1.807, 2.05) is 38.1 Å². The van der Waals surface area contributed by atoms with Crippen molar-refractivity contribution in [2.24, 2.45) is 0 Å². The average molecular weight is 403 g/mol. The second kappa shape index (κ2) is 8.08. The fourth-order valence-electron chi connectivity index (χ4n) is 3.18. The van der Waals surface area contributed by atoms with E-state index >= 15 is 0 Å². The number of ether oxygens (including phenoxy) is 3. The van der Waals surface area contributed by atoms with Crippen LogP contribution in [0.25, 0.3) is 0 Å². The molecule has 1 aromatic heterocycles. The second-order valence-electron chi connectivity index (χ2n) is 7.28. The number of hydrogen-bond acceptors (Lipinski definition) is 6. The lowest BCUT2D eigenvalue weighted by Crippen LogP contribution is -2.15. The third-order valence-corrected chi connectivity index (χ3v) is 4.94. The molecule has 0 radical (unpaired) electrons. The lowest BCUT2D eigenvalue weighted by Gasteiger charge is -2.17. The number of hydrogen-bond donors (Lipinski definition) is 0. The summed E-state index contributed by atoms with van der Waals surface area (Å²) in [5.74, 6) is -0.765. The number of carbonyl (C=O) groups is 2. The van der Waals surface area contributed by atoms with E-state index in [1.54, 1.807) is 37.4 Å². The highest BCUT2D eigenvalue weighted by molar-refractivity contribution is 5.91. The van der Waals surface area contributed by atoms with Crippen LogP contribution >= 0.6 is 0 Å². The molecule has 0 N–H and O–H groups in total. The van der Waals surface area contributed by atoms with Crippen LogP contribution in [0.3, 0.4) is 0 Å². The molecular weight excluding hydrogens is 382 g/mol. The molecule has 0 aliphatic carbocycles. The van der Waals surface area contributed by atoms with E-state index in [0.717, 1.165) is 11.1 Å². The summed E-state index contributed by atoms with van der Waals surface area (Å²) in [6.45, 7) is 5.83. The van der Waals surface area contributed by atoms with Gasteiger partial charge < -0.3 is 14.2 Å². The number of benzene rings is 2. The summed E-state index contributed by atoms with van der Waals surface area (Å²) < 4.78 is 16.9. The number of pyridine rings is 1. The van der Waals surface area contributed by atoms with Gasteiger partial charge in [0.25, 0.3) is 0 Å². The summed E-state index contributed by atoms with van der Waals surface area (Å²) in [5, 5.41) is 0. The van der Waals surface area contributed by atoms with Crippen molar-refractivity contribution in [3.05, 3.63) is 93.8 Å². The average Bonchev–Trinajstić information content (AvgIpc) is 3.14. The first kappa shape index (κ1) is 19.8. The minimum absolute atomic E-state index is 0.212. The van der Waals surface area contributed by atoms with Gasteiger partial charge >= 0.3 is 11.9 Å². The Balaban J connectivity index is 1.60. The number of rotatable bonds is 4. The van der Waals surface area contributed by atoms with Crippen molar-refractivity contribution in [3.8, 4) is 5.75 Å². The fraction of sp³-hybridized carbons (Fsp3) is 0.208. The van der Waals surface area contributed by atoms with Gasteiger partial charge in [-0.25, -0.2) is 9.59 Å². The van der Waals surface area contributed by atoms with Crippen molar-refractivity contribution in [2.75, 3.05) is 0 Å². The SMILES string of the molecule is Cc1ccc(C(=O)Oc2c(C)ncc3c2C(OC(=O)c2ccc(C)cc2)OC3)cc1. The van der Waals surface area contributed by atoms with Crippen LogP contribution in [0.1, 0.15) is 55.0 Å². The number of esters is 2. The van der Waals surface area contributed by atoms with Gasteiger partial charge in [-0.2, -0.15) is 0 Å². The van der Waals surface area contributed by atoms with Crippen LogP contribution in [-0.2, 0) is 16.1 Å². The molecule has 6 heteroatoms. The van der Waals surface area contributed by atoms with Gasteiger partial charge in [-0.1, -0.05) is 35.4 Å². The van der Waals surface area contributed by atoms with E-state index in [0.29, 0.717) is 27.9 Å². The molecule has 0 amide bonds. The Labute approximate surface area is 174 Å². The smallest absolute Gasteiger partial charge is 0.343 e. The van der Waals surface area contributed by atoms with Crippen LogP contribution in [-0.4, -0.2) is 16.9 Å². The van der Waals surface area contributed by atoms with Crippen LogP contribution in [0.4, 0.5) is 0 Å². The first-order valence-electron chi connectivity index (χ1n) is 9.59. The molecule has 1 aliphatic heterocycles. The number of carbonyl (C=O) groups excluding carboxylic acids is 2. The van der Waals surface area contributed by atoms with Crippen molar-refractivity contribution in [1.29, 1.82) is 0 Å². The summed E-state index contributed by atoms with van der Waals surface area (Å²) >= 11 is 0. The highest BCUT2D eigenvalue weighted by atomic mass is 16.7. The van der Waals surface area contributed by atoms with Crippen LogP contribution < -0.4 is 4.74 Å². The Hall–Kier alpha value is -3.51. The topological polar surface area (TPSA) is 74.7 Å². The van der Waals surface area contributed by atoms with Gasteiger partial charge in [-0.05, 0) is 45.0 Å². The molecule has 2 heterocycles. The zero-order chi connectivity index (χ0) is 21.3. The standard InChI is InChI=1S/C24H21NO5/c1-14-4-8-17(9-5-14)22(26)29-21-16(3)25-12-19-13-28-24(20(19)21)30-23(27)18-10-6-15(2)7-11-18/h4-12,24H,13H2,1-3H3. The van der Waals surface area contributed by atoms with E-state index in [-0.39, 0.29) is 12.4 Å². The largest absolute Gasteiger partial charge is 0.427 e. The Morgan fingerprint density at radius 1 is 0.900 bits per heavy atom. The summed E-state index contributed by atoms with van der Waals surface area (Å²) in [6.07, 6.45) is 0.671. The van der Waals surface area contributed by atoms with E-state index in [2.05, 4.69) is 4.98 Å². The number of aryl methyl sites for hydroxylation is 3. The molecule has 2 aromatic carbocycles. The molecule has 3 aromatic rings. The van der Waals surface area contributed by atoms with Crippen molar-refractivity contribution in [1.82, 2.24) is 4.98 Å². The predicted octanol–water partition coefficient (Wildman–Crippen LogP) is 4.61. The zero-order valence-corrected chi connectivity index (χ0v) is 17.0. The third kappa shape index (κ3) is 3.95. The molecule has 30 heavy (non-hydrogen) atoms. The number of fused-ring (bicyclic) bond motifs is 1. The van der Waals surface area contributed by atoms with E-state index < -0.39 is 18.2 Å². The Morgan fingerprint density at radius 2 is 1.47 bits per heavy atom. The normalized spacial score (nSPS) is 14.8. The van der Waals surface area contributed by atoms with Crippen LogP contribution in [0, 0.1) is 20.8 Å². The van der Waals surface area contributed by atoms with Gasteiger partial charge in [-0.15, -0.1) is 0 Å². The molecule has 4 rings (SSSR count). The van der Waals surface area contributed by atoms with E-state index in [4.69, 9.17) is 14.2 Å². The molecule has 0 spiro atoms. The molecule has 0 bridgehead atoms. The van der Waals surface area contributed by atoms with Crippen LogP contribution in [0.5, 0.6) is 5.75 Å². The zero-order valence-electron chi connectivity index (χ0n) is 17.0. The summed E-state index contributed by atoms with van der Waals surface area (Å²) in [6, 6.07) is 14.2. The molecule has 1 unspecified atom stereocenters. The molecule has 6 nitrogen and oxygen atoms in total. The molecule has 1 aliphatic rings. The summed E-state index contributed by atoms with van der Waals surface area (Å²) in [7, 11) is 0. The Kier molecular flexibility index (Phi) is 5.33. The Morgan fingerprint density at radius 3 is 2.07 bits per heavy atom.